The first-order valence-corrected chi connectivity index (χ1v) is 9.56. The first-order chi connectivity index (χ1) is 10.6. The largest absolute Gasteiger partial charge is 0.462 e. The number of unbranched alkanes of at least 4 members (excludes halogenated alkanes) is 9. The molecule has 0 aliphatic carbocycles. The Bertz CT molecular complexity index is 415. The fourth-order valence-corrected chi connectivity index (χ4v) is 3.31. The van der Waals surface area contributed by atoms with Gasteiger partial charge in [-0.25, -0.2) is 4.79 Å². The van der Waals surface area contributed by atoms with E-state index < -0.39 is 0 Å². The van der Waals surface area contributed by atoms with Crippen molar-refractivity contribution in [3.05, 3.63) is 15.3 Å². The van der Waals surface area contributed by atoms with Gasteiger partial charge in [-0.2, -0.15) is 0 Å². The molecule has 0 saturated heterocycles. The molecule has 1 aromatic heterocycles. The molecule has 0 fully saturated rings. The normalized spacial score (nSPS) is 10.8. The summed E-state index contributed by atoms with van der Waals surface area (Å²) >= 11 is 7.00. The highest BCUT2D eigenvalue weighted by Gasteiger charge is 2.12. The fourth-order valence-electron chi connectivity index (χ4n) is 2.31. The molecule has 22 heavy (non-hydrogen) atoms. The van der Waals surface area contributed by atoms with Gasteiger partial charge in [-0.05, 0) is 12.5 Å². The van der Waals surface area contributed by atoms with Crippen molar-refractivity contribution in [3.8, 4) is 0 Å². The molecule has 0 aliphatic rings. The number of halogens is 1. The average molecular weight is 346 g/mol. The smallest absolute Gasteiger partial charge is 0.348 e. The minimum Gasteiger partial charge on any atom is -0.462 e. The zero-order valence-electron chi connectivity index (χ0n) is 13.5. The molecule has 5 heteroatoms. The maximum absolute atomic E-state index is 11.7. The lowest BCUT2D eigenvalue weighted by Crippen LogP contribution is -2.04. The zero-order chi connectivity index (χ0) is 16.2. The zero-order valence-corrected chi connectivity index (χ0v) is 15.1. The van der Waals surface area contributed by atoms with E-state index >= 15 is 0 Å². The van der Waals surface area contributed by atoms with E-state index in [-0.39, 0.29) is 5.97 Å². The van der Waals surface area contributed by atoms with Gasteiger partial charge in [0.25, 0.3) is 0 Å². The maximum Gasteiger partial charge on any atom is 0.348 e. The van der Waals surface area contributed by atoms with Gasteiger partial charge in [0.1, 0.15) is 9.21 Å². The van der Waals surface area contributed by atoms with Crippen molar-refractivity contribution in [2.45, 2.75) is 71.1 Å². The van der Waals surface area contributed by atoms with Crippen molar-refractivity contribution in [1.29, 1.82) is 0 Å². The van der Waals surface area contributed by atoms with E-state index in [9.17, 15) is 4.79 Å². The van der Waals surface area contributed by atoms with Crippen LogP contribution in [0.2, 0.25) is 4.34 Å². The average Bonchev–Trinajstić information content (AvgIpc) is 2.84. The van der Waals surface area contributed by atoms with E-state index in [2.05, 4.69) is 6.92 Å². The second-order valence-electron chi connectivity index (χ2n) is 5.66. The van der Waals surface area contributed by atoms with Gasteiger partial charge in [-0.1, -0.05) is 76.3 Å². The van der Waals surface area contributed by atoms with Crippen molar-refractivity contribution < 1.29 is 9.53 Å². The number of anilines is 1. The molecule has 0 unspecified atom stereocenters. The van der Waals surface area contributed by atoms with Crippen molar-refractivity contribution in [1.82, 2.24) is 0 Å². The molecule has 0 spiro atoms. The van der Waals surface area contributed by atoms with E-state index in [1.165, 1.54) is 62.7 Å². The monoisotopic (exact) mass is 345 g/mol. The number of thiophene rings is 1. The van der Waals surface area contributed by atoms with Crippen LogP contribution < -0.4 is 5.73 Å². The summed E-state index contributed by atoms with van der Waals surface area (Å²) in [6.45, 7) is 2.72. The number of carbonyl (C=O) groups is 1. The van der Waals surface area contributed by atoms with Crippen LogP contribution in [0.4, 0.5) is 5.69 Å². The number of nitrogens with two attached hydrogens (primary N) is 1. The van der Waals surface area contributed by atoms with Crippen LogP contribution in [-0.4, -0.2) is 12.6 Å². The van der Waals surface area contributed by atoms with E-state index in [4.69, 9.17) is 22.1 Å². The number of carbonyl (C=O) groups excluding carboxylic acids is 1. The van der Waals surface area contributed by atoms with Gasteiger partial charge in [0.2, 0.25) is 0 Å². The Balaban J connectivity index is 1.94. The molecule has 126 valence electrons. The summed E-state index contributed by atoms with van der Waals surface area (Å²) in [4.78, 5) is 12.2. The highest BCUT2D eigenvalue weighted by Crippen LogP contribution is 2.30. The number of esters is 1. The Morgan fingerprint density at radius 3 is 2.14 bits per heavy atom. The quantitative estimate of drug-likeness (QED) is 0.370. The fraction of sp³-hybridized carbons (Fsp3) is 0.706. The number of rotatable bonds is 12. The lowest BCUT2D eigenvalue weighted by Gasteiger charge is -2.04. The van der Waals surface area contributed by atoms with Crippen molar-refractivity contribution in [3.63, 3.8) is 0 Å². The summed E-state index contributed by atoms with van der Waals surface area (Å²) in [7, 11) is 0. The number of ether oxygens (including phenoxy) is 1. The van der Waals surface area contributed by atoms with Crippen molar-refractivity contribution in [2.24, 2.45) is 0 Å². The van der Waals surface area contributed by atoms with Crippen LogP contribution in [0, 0.1) is 0 Å². The summed E-state index contributed by atoms with van der Waals surface area (Å²) in [5, 5.41) is 0. The van der Waals surface area contributed by atoms with Gasteiger partial charge in [0, 0.05) is 0 Å². The van der Waals surface area contributed by atoms with Crippen LogP contribution in [0.25, 0.3) is 0 Å². The van der Waals surface area contributed by atoms with Crippen molar-refractivity contribution >= 4 is 34.6 Å². The predicted molar refractivity (Wildman–Crippen MR) is 95.9 cm³/mol. The van der Waals surface area contributed by atoms with Crippen LogP contribution in [0.15, 0.2) is 6.07 Å². The van der Waals surface area contributed by atoms with Crippen LogP contribution >= 0.6 is 22.9 Å². The highest BCUT2D eigenvalue weighted by molar-refractivity contribution is 7.18. The van der Waals surface area contributed by atoms with Gasteiger partial charge in [-0.15, -0.1) is 11.3 Å². The first kappa shape index (κ1) is 19.3. The highest BCUT2D eigenvalue weighted by atomic mass is 35.5. The standard InChI is InChI=1S/C17H28ClNO2S/c1-2-3-4-5-6-7-8-9-10-11-12-21-17(20)15-13-14(19)16(18)22-15/h13H,2-12,19H2,1H3. The molecule has 2 N–H and O–H groups in total. The molecule has 0 amide bonds. The number of hydrogen-bond acceptors (Lipinski definition) is 4. The van der Waals surface area contributed by atoms with Gasteiger partial charge in [0.05, 0.1) is 12.3 Å². The minimum absolute atomic E-state index is 0.320. The van der Waals surface area contributed by atoms with Gasteiger partial charge < -0.3 is 10.5 Å². The third kappa shape index (κ3) is 8.04. The van der Waals surface area contributed by atoms with E-state index in [1.807, 2.05) is 0 Å². The molecule has 0 atom stereocenters. The SMILES string of the molecule is CCCCCCCCCCCCOC(=O)c1cc(N)c(Cl)s1. The number of nitrogen functional groups attached to an aromatic ring is 1. The van der Waals surface area contributed by atoms with Crippen LogP contribution in [0.3, 0.4) is 0 Å². The van der Waals surface area contributed by atoms with Crippen LogP contribution in [0.5, 0.6) is 0 Å². The van der Waals surface area contributed by atoms with E-state index in [1.54, 1.807) is 6.07 Å². The summed E-state index contributed by atoms with van der Waals surface area (Å²) in [5.41, 5.74) is 6.05. The molecule has 0 saturated carbocycles. The van der Waals surface area contributed by atoms with Gasteiger partial charge in [-0.3, -0.25) is 0 Å². The molecule has 1 heterocycles. The summed E-state index contributed by atoms with van der Waals surface area (Å²) < 4.78 is 5.68. The lowest BCUT2D eigenvalue weighted by molar-refractivity contribution is 0.0503. The van der Waals surface area contributed by atoms with Crippen LogP contribution in [0.1, 0.15) is 80.8 Å². The number of hydrogen-bond donors (Lipinski definition) is 1. The topological polar surface area (TPSA) is 52.3 Å². The molecular formula is C17H28ClNO2S. The van der Waals surface area contributed by atoms with Gasteiger partial charge in [0.15, 0.2) is 0 Å². The molecule has 0 aromatic carbocycles. The van der Waals surface area contributed by atoms with Crippen LogP contribution in [-0.2, 0) is 4.74 Å². The summed E-state index contributed by atoms with van der Waals surface area (Å²) in [6.07, 6.45) is 12.7. The lowest BCUT2D eigenvalue weighted by atomic mass is 10.1. The Morgan fingerprint density at radius 2 is 1.64 bits per heavy atom. The van der Waals surface area contributed by atoms with E-state index in [0.717, 1.165) is 12.8 Å². The third-order valence-corrected chi connectivity index (χ3v) is 5.01. The predicted octanol–water partition coefficient (Wildman–Crippen LogP) is 6.06. The molecule has 1 rings (SSSR count). The Labute approximate surface area is 143 Å². The second kappa shape index (κ2) is 11.8. The molecule has 0 radical (unpaired) electrons. The Hall–Kier alpha value is -0.740. The van der Waals surface area contributed by atoms with Crippen molar-refractivity contribution in [2.75, 3.05) is 12.3 Å². The minimum atomic E-state index is -0.320. The summed E-state index contributed by atoms with van der Waals surface area (Å²) in [6, 6.07) is 1.58. The molecule has 1 aromatic rings. The molecule has 3 nitrogen and oxygen atoms in total. The Kier molecular flexibility index (Phi) is 10.3. The molecule has 0 bridgehead atoms. The maximum atomic E-state index is 11.7. The second-order valence-corrected chi connectivity index (χ2v) is 7.31. The third-order valence-electron chi connectivity index (χ3n) is 3.65. The van der Waals surface area contributed by atoms with Gasteiger partial charge >= 0.3 is 5.97 Å². The Morgan fingerprint density at radius 1 is 1.09 bits per heavy atom. The summed E-state index contributed by atoms with van der Waals surface area (Å²) in [5.74, 6) is -0.320. The molecular weight excluding hydrogens is 318 g/mol. The molecule has 0 aliphatic heterocycles. The van der Waals surface area contributed by atoms with E-state index in [0.29, 0.717) is 21.5 Å². The first-order valence-electron chi connectivity index (χ1n) is 8.37.